The Morgan fingerprint density at radius 3 is 3.00 bits per heavy atom. The zero-order chi connectivity index (χ0) is 11.5. The Morgan fingerprint density at radius 2 is 2.31 bits per heavy atom. The molecular weight excluding hydrogens is 198 g/mol. The quantitative estimate of drug-likeness (QED) is 0.801. The summed E-state index contributed by atoms with van der Waals surface area (Å²) in [5.41, 5.74) is 9.93. The normalized spacial score (nSPS) is 16.3. The minimum absolute atomic E-state index is 0.293. The van der Waals surface area contributed by atoms with Gasteiger partial charge in [-0.15, -0.1) is 0 Å². The van der Waals surface area contributed by atoms with E-state index in [0.717, 1.165) is 19.5 Å². The van der Waals surface area contributed by atoms with E-state index < -0.39 is 0 Å². The highest BCUT2D eigenvalue weighted by Crippen LogP contribution is 2.29. The maximum absolute atomic E-state index is 5.79. The fourth-order valence-electron chi connectivity index (χ4n) is 2.39. The molecule has 0 aromatic heterocycles. The summed E-state index contributed by atoms with van der Waals surface area (Å²) < 4.78 is 0. The molecule has 88 valence electrons. The number of rotatable bonds is 4. The van der Waals surface area contributed by atoms with Crippen LogP contribution in [0.4, 0.5) is 5.69 Å². The highest BCUT2D eigenvalue weighted by atomic mass is 15.1. The number of nitrogens with one attached hydrogen (secondary N) is 1. The average Bonchev–Trinajstić information content (AvgIpc) is 2.67. The summed E-state index contributed by atoms with van der Waals surface area (Å²) >= 11 is 0. The second-order valence-electron chi connectivity index (χ2n) is 4.41. The Morgan fingerprint density at radius 1 is 1.50 bits per heavy atom. The predicted molar refractivity (Wildman–Crippen MR) is 68.9 cm³/mol. The third kappa shape index (κ3) is 2.06. The molecule has 1 aliphatic rings. The van der Waals surface area contributed by atoms with Gasteiger partial charge in [-0.25, -0.2) is 0 Å². The number of anilines is 1. The summed E-state index contributed by atoms with van der Waals surface area (Å²) in [5, 5.41) is 3.41. The molecule has 16 heavy (non-hydrogen) atoms. The van der Waals surface area contributed by atoms with Gasteiger partial charge in [-0.05, 0) is 30.2 Å². The molecular formula is C13H21N3. The first-order valence-corrected chi connectivity index (χ1v) is 6.03. The van der Waals surface area contributed by atoms with Gasteiger partial charge < -0.3 is 16.0 Å². The van der Waals surface area contributed by atoms with E-state index in [0.29, 0.717) is 12.6 Å². The summed E-state index contributed by atoms with van der Waals surface area (Å²) in [7, 11) is 2.15. The minimum Gasteiger partial charge on any atom is -0.374 e. The smallest absolute Gasteiger partial charge is 0.0444 e. The summed E-state index contributed by atoms with van der Waals surface area (Å²) in [4.78, 5) is 2.31. The molecule has 1 aromatic rings. The van der Waals surface area contributed by atoms with Gasteiger partial charge >= 0.3 is 0 Å². The molecule has 3 nitrogen and oxygen atoms in total. The molecule has 0 bridgehead atoms. The van der Waals surface area contributed by atoms with Crippen LogP contribution in [0, 0.1) is 0 Å². The summed E-state index contributed by atoms with van der Waals surface area (Å²) in [5.74, 6) is 0. The number of nitrogens with zero attached hydrogens (tertiary/aromatic N) is 1. The van der Waals surface area contributed by atoms with Crippen LogP contribution in [-0.4, -0.2) is 26.7 Å². The van der Waals surface area contributed by atoms with Crippen molar-refractivity contribution >= 4 is 5.69 Å². The van der Waals surface area contributed by atoms with Crippen LogP contribution >= 0.6 is 0 Å². The maximum atomic E-state index is 5.79. The lowest BCUT2D eigenvalue weighted by Crippen LogP contribution is -2.27. The third-order valence-electron chi connectivity index (χ3n) is 3.32. The molecule has 0 spiro atoms. The SMILES string of the molecule is CCNC(CN)c1ccc2c(c1)CCN2C. The van der Waals surface area contributed by atoms with Gasteiger partial charge in [0.05, 0.1) is 0 Å². The van der Waals surface area contributed by atoms with Crippen LogP contribution in [0.25, 0.3) is 0 Å². The lowest BCUT2D eigenvalue weighted by molar-refractivity contribution is 0.561. The van der Waals surface area contributed by atoms with Gasteiger partial charge in [0.25, 0.3) is 0 Å². The predicted octanol–water partition coefficient (Wildman–Crippen LogP) is 1.29. The molecule has 1 aromatic carbocycles. The van der Waals surface area contributed by atoms with E-state index in [-0.39, 0.29) is 0 Å². The Balaban J connectivity index is 2.23. The fraction of sp³-hybridized carbons (Fsp3) is 0.538. The number of likely N-dealkylation sites (N-methyl/N-ethyl adjacent to an activating group) is 2. The molecule has 1 heterocycles. The first kappa shape index (κ1) is 11.4. The first-order valence-electron chi connectivity index (χ1n) is 6.03. The number of hydrogen-bond donors (Lipinski definition) is 2. The topological polar surface area (TPSA) is 41.3 Å². The van der Waals surface area contributed by atoms with Crippen LogP contribution in [0.15, 0.2) is 18.2 Å². The lowest BCUT2D eigenvalue weighted by atomic mass is 10.0. The van der Waals surface area contributed by atoms with Gasteiger partial charge in [0.2, 0.25) is 0 Å². The molecule has 0 saturated carbocycles. The molecule has 1 unspecified atom stereocenters. The van der Waals surface area contributed by atoms with Crippen molar-refractivity contribution in [1.29, 1.82) is 0 Å². The number of benzene rings is 1. The van der Waals surface area contributed by atoms with Crippen LogP contribution in [0.1, 0.15) is 24.1 Å². The van der Waals surface area contributed by atoms with Gasteiger partial charge in [0.15, 0.2) is 0 Å². The Labute approximate surface area is 97.6 Å². The highest BCUT2D eigenvalue weighted by Gasteiger charge is 2.17. The molecule has 0 aliphatic carbocycles. The summed E-state index contributed by atoms with van der Waals surface area (Å²) in [6.07, 6.45) is 1.16. The number of nitrogens with two attached hydrogens (primary N) is 1. The van der Waals surface area contributed by atoms with Crippen molar-refractivity contribution in [3.63, 3.8) is 0 Å². The van der Waals surface area contributed by atoms with E-state index in [9.17, 15) is 0 Å². The van der Waals surface area contributed by atoms with Crippen molar-refractivity contribution in [3.8, 4) is 0 Å². The Kier molecular flexibility index (Phi) is 3.46. The highest BCUT2D eigenvalue weighted by molar-refractivity contribution is 5.58. The first-order chi connectivity index (χ1) is 7.76. The molecule has 1 aliphatic heterocycles. The lowest BCUT2D eigenvalue weighted by Gasteiger charge is -2.18. The molecule has 0 fully saturated rings. The standard InChI is InChI=1S/C13H21N3/c1-3-15-12(9-14)10-4-5-13-11(8-10)6-7-16(13)2/h4-5,8,12,15H,3,6-7,9,14H2,1-2H3. The van der Waals surface area contributed by atoms with Crippen molar-refractivity contribution in [2.24, 2.45) is 5.73 Å². The molecule has 2 rings (SSSR count). The molecule has 0 radical (unpaired) electrons. The van der Waals surface area contributed by atoms with E-state index in [1.807, 2.05) is 0 Å². The van der Waals surface area contributed by atoms with Crippen molar-refractivity contribution in [2.45, 2.75) is 19.4 Å². The zero-order valence-corrected chi connectivity index (χ0v) is 10.2. The van der Waals surface area contributed by atoms with Crippen molar-refractivity contribution in [3.05, 3.63) is 29.3 Å². The molecule has 0 amide bonds. The van der Waals surface area contributed by atoms with E-state index >= 15 is 0 Å². The van der Waals surface area contributed by atoms with Gasteiger partial charge in [-0.3, -0.25) is 0 Å². The summed E-state index contributed by atoms with van der Waals surface area (Å²) in [6, 6.07) is 7.01. The van der Waals surface area contributed by atoms with E-state index in [1.54, 1.807) is 0 Å². The van der Waals surface area contributed by atoms with Crippen molar-refractivity contribution in [1.82, 2.24) is 5.32 Å². The largest absolute Gasteiger partial charge is 0.374 e. The second-order valence-corrected chi connectivity index (χ2v) is 4.41. The van der Waals surface area contributed by atoms with Crippen LogP contribution in [0.5, 0.6) is 0 Å². The minimum atomic E-state index is 0.293. The molecule has 0 saturated heterocycles. The number of hydrogen-bond acceptors (Lipinski definition) is 3. The monoisotopic (exact) mass is 219 g/mol. The third-order valence-corrected chi connectivity index (χ3v) is 3.32. The maximum Gasteiger partial charge on any atom is 0.0444 e. The van der Waals surface area contributed by atoms with Crippen LogP contribution in [0.2, 0.25) is 0 Å². The van der Waals surface area contributed by atoms with Crippen LogP contribution in [0.3, 0.4) is 0 Å². The van der Waals surface area contributed by atoms with Gasteiger partial charge in [-0.1, -0.05) is 19.1 Å². The van der Waals surface area contributed by atoms with Crippen molar-refractivity contribution < 1.29 is 0 Å². The number of fused-ring (bicyclic) bond motifs is 1. The van der Waals surface area contributed by atoms with E-state index in [4.69, 9.17) is 5.73 Å². The van der Waals surface area contributed by atoms with E-state index in [1.165, 1.54) is 16.8 Å². The van der Waals surface area contributed by atoms with Crippen molar-refractivity contribution in [2.75, 3.05) is 31.6 Å². The fourth-order valence-corrected chi connectivity index (χ4v) is 2.39. The molecule has 3 N–H and O–H groups in total. The van der Waals surface area contributed by atoms with Gasteiger partial charge in [0, 0.05) is 31.9 Å². The molecule has 1 atom stereocenters. The zero-order valence-electron chi connectivity index (χ0n) is 10.2. The second kappa shape index (κ2) is 4.85. The Bertz CT molecular complexity index is 362. The average molecular weight is 219 g/mol. The van der Waals surface area contributed by atoms with Gasteiger partial charge in [-0.2, -0.15) is 0 Å². The Hall–Kier alpha value is -1.06. The van der Waals surface area contributed by atoms with Gasteiger partial charge in [0.1, 0.15) is 0 Å². The van der Waals surface area contributed by atoms with E-state index in [2.05, 4.69) is 42.4 Å². The molecule has 3 heteroatoms. The summed E-state index contributed by atoms with van der Waals surface area (Å²) in [6.45, 7) is 4.86. The van der Waals surface area contributed by atoms with Crippen LogP contribution < -0.4 is 16.0 Å². The van der Waals surface area contributed by atoms with Crippen LogP contribution in [-0.2, 0) is 6.42 Å².